The van der Waals surface area contributed by atoms with Gasteiger partial charge >= 0.3 is 11.9 Å². The number of fused-ring (bicyclic) bond motifs is 1. The number of halogens is 1. The Kier molecular flexibility index (Phi) is 3.19. The van der Waals surface area contributed by atoms with Crippen molar-refractivity contribution in [1.29, 1.82) is 1.43 Å². The van der Waals surface area contributed by atoms with Crippen LogP contribution in [0.3, 0.4) is 0 Å². The lowest BCUT2D eigenvalue weighted by molar-refractivity contribution is -0.144. The zero-order chi connectivity index (χ0) is 19.9. The number of carbonyl (C=O) groups is 2. The van der Waals surface area contributed by atoms with Gasteiger partial charge in [-0.1, -0.05) is 17.6 Å². The molecule has 1 aromatic carbocycles. The highest BCUT2D eigenvalue weighted by atomic mass is 35.5. The van der Waals surface area contributed by atoms with E-state index in [0.717, 1.165) is 16.5 Å². The van der Waals surface area contributed by atoms with Crippen molar-refractivity contribution in [1.82, 2.24) is 4.90 Å². The van der Waals surface area contributed by atoms with Crippen LogP contribution >= 0.6 is 22.9 Å². The predicted octanol–water partition coefficient (Wildman–Crippen LogP) is 3.28. The van der Waals surface area contributed by atoms with E-state index in [-0.39, 0.29) is 23.7 Å². The fourth-order valence-corrected chi connectivity index (χ4v) is 3.68. The Morgan fingerprint density at radius 3 is 3.09 bits per heavy atom. The number of rotatable bonds is 4. The van der Waals surface area contributed by atoms with Crippen molar-refractivity contribution < 1.29 is 23.9 Å². The van der Waals surface area contributed by atoms with Gasteiger partial charge in [0.05, 0.1) is 9.68 Å². The zero-order valence-electron chi connectivity index (χ0n) is 15.8. The van der Waals surface area contributed by atoms with Crippen LogP contribution in [-0.2, 0) is 17.8 Å². The van der Waals surface area contributed by atoms with Gasteiger partial charge in [0.25, 0.3) is 1.43 Å². The van der Waals surface area contributed by atoms with Crippen molar-refractivity contribution in [2.45, 2.75) is 19.0 Å². The molecule has 1 atom stereocenters. The van der Waals surface area contributed by atoms with E-state index in [0.29, 0.717) is 6.42 Å². The first-order valence-electron chi connectivity index (χ1n) is 8.64. The average Bonchev–Trinajstić information content (AvgIpc) is 3.11. The maximum Gasteiger partial charge on any atom is 0.335 e. The molecule has 2 heterocycles. The number of aliphatic carboxylic acids is 1. The van der Waals surface area contributed by atoms with E-state index in [4.69, 9.17) is 22.3 Å². The third kappa shape index (κ3) is 3.10. The van der Waals surface area contributed by atoms with Crippen LogP contribution in [0.15, 0.2) is 29.6 Å². The Morgan fingerprint density at radius 2 is 2.35 bits per heavy atom. The molecule has 2 N–H and O–H groups in total. The molecule has 23 heavy (non-hydrogen) atoms. The molecule has 0 spiro atoms. The van der Waals surface area contributed by atoms with Gasteiger partial charge in [0, 0.05) is 23.0 Å². The van der Waals surface area contributed by atoms with Crippen LogP contribution < -0.4 is 0 Å². The molecule has 1 aromatic heterocycles. The largest absolute Gasteiger partial charge is 0.480 e. The minimum atomic E-state index is -2.36. The van der Waals surface area contributed by atoms with Gasteiger partial charge in [-0.3, -0.25) is 9.69 Å². The number of hydrogen-bond acceptors (Lipinski definition) is 5. The van der Waals surface area contributed by atoms with Crippen molar-refractivity contribution in [3.63, 3.8) is 0 Å². The maximum absolute atomic E-state index is 12.5. The van der Waals surface area contributed by atoms with E-state index in [1.54, 1.807) is 11.3 Å². The van der Waals surface area contributed by atoms with Crippen LogP contribution in [0.25, 0.3) is 1.43 Å². The number of benzene rings is 1. The number of hydrogen-bond donors (Lipinski definition) is 2. The minimum Gasteiger partial charge on any atom is -0.480 e. The molecule has 1 aliphatic rings. The summed E-state index contributed by atoms with van der Waals surface area (Å²) in [4.78, 5) is 26.2. The van der Waals surface area contributed by atoms with Gasteiger partial charge in [-0.05, 0) is 41.1 Å². The second kappa shape index (κ2) is 6.31. The fourth-order valence-electron chi connectivity index (χ4n) is 2.54. The highest BCUT2D eigenvalue weighted by Gasteiger charge is 2.32. The topological polar surface area (TPSA) is 77.8 Å². The van der Waals surface area contributed by atoms with Crippen LogP contribution in [0.4, 0.5) is 0 Å². The molecule has 0 saturated heterocycles. The van der Waals surface area contributed by atoms with Gasteiger partial charge in [0.15, 0.2) is 0 Å². The molecule has 0 bridgehead atoms. The number of carboxylic acid groups (broad SMARTS) is 2. The van der Waals surface area contributed by atoms with Crippen molar-refractivity contribution >= 4 is 34.9 Å². The first-order chi connectivity index (χ1) is 12.7. The van der Waals surface area contributed by atoms with E-state index in [1.165, 1.54) is 4.90 Å². The van der Waals surface area contributed by atoms with Crippen LogP contribution in [0.1, 0.15) is 36.5 Å². The fraction of sp³-hybridized carbons (Fsp3) is 0.250. The van der Waals surface area contributed by atoms with Gasteiger partial charge in [0.1, 0.15) is 6.02 Å². The summed E-state index contributed by atoms with van der Waals surface area (Å²) in [5.74, 6) is -2.72. The Balaban J connectivity index is 2.18. The molecule has 1 aliphatic heterocycles. The summed E-state index contributed by atoms with van der Waals surface area (Å²) in [5.41, 5.74) is 0.0424. The Hall–Kier alpha value is -1.89. The van der Waals surface area contributed by atoms with Gasteiger partial charge < -0.3 is 10.2 Å². The van der Waals surface area contributed by atoms with Gasteiger partial charge in [-0.25, -0.2) is 4.79 Å². The number of nitrogens with zero attached hydrogens (tertiary/aromatic N) is 1. The van der Waals surface area contributed by atoms with Crippen molar-refractivity contribution in [3.05, 3.63) is 56.2 Å². The minimum absolute atomic E-state index is 0.196. The quantitative estimate of drug-likeness (QED) is 0.880. The molecule has 5 nitrogen and oxygen atoms in total. The summed E-state index contributed by atoms with van der Waals surface area (Å²) in [5, 5.41) is 14.8. The van der Waals surface area contributed by atoms with E-state index in [2.05, 4.69) is 5.11 Å². The zero-order valence-corrected chi connectivity index (χ0v) is 13.3. The van der Waals surface area contributed by atoms with Crippen LogP contribution in [0.2, 0.25) is 5.02 Å². The van der Waals surface area contributed by atoms with E-state index in [9.17, 15) is 9.59 Å². The average molecular weight is 356 g/mol. The normalized spacial score (nSPS) is 19.5. The number of thiophene rings is 1. The summed E-state index contributed by atoms with van der Waals surface area (Å²) in [7, 11) is 0. The maximum atomic E-state index is 12.5. The van der Waals surface area contributed by atoms with E-state index in [1.807, 2.05) is 11.4 Å². The molecule has 0 radical (unpaired) electrons. The predicted molar refractivity (Wildman–Crippen MR) is 87.2 cm³/mol. The highest BCUT2D eigenvalue weighted by Crippen LogP contribution is 2.34. The molecule has 0 unspecified atom stereocenters. The molecule has 120 valence electrons. The summed E-state index contributed by atoms with van der Waals surface area (Å²) in [6.07, 6.45) is 0.560. The third-order valence-electron chi connectivity index (χ3n) is 3.62. The van der Waals surface area contributed by atoms with Crippen LogP contribution in [0.5, 0.6) is 0 Å². The smallest absolute Gasteiger partial charge is 0.335 e. The molecule has 0 fully saturated rings. The van der Waals surface area contributed by atoms with Crippen molar-refractivity contribution in [2.75, 3.05) is 6.54 Å². The van der Waals surface area contributed by atoms with Crippen molar-refractivity contribution in [3.8, 4) is 0 Å². The Morgan fingerprint density at radius 1 is 1.52 bits per heavy atom. The lowest BCUT2D eigenvalue weighted by Gasteiger charge is -2.32. The van der Waals surface area contributed by atoms with Crippen LogP contribution in [-0.4, -0.2) is 33.6 Å². The molecule has 0 aliphatic carbocycles. The molecular weight excluding hydrogens is 338 g/mol. The lowest BCUT2D eigenvalue weighted by atomic mass is 10.00. The third-order valence-corrected chi connectivity index (χ3v) is 4.94. The Labute approximate surface area is 147 Å². The van der Waals surface area contributed by atoms with Crippen molar-refractivity contribution in [2.24, 2.45) is 0 Å². The summed E-state index contributed by atoms with van der Waals surface area (Å²) >= 11 is 7.72. The van der Waals surface area contributed by atoms with E-state index >= 15 is 0 Å². The molecule has 0 amide bonds. The highest BCUT2D eigenvalue weighted by molar-refractivity contribution is 7.10. The lowest BCUT2D eigenvalue weighted by Crippen LogP contribution is -2.37. The first-order valence-corrected chi connectivity index (χ1v) is 7.98. The second-order valence-corrected chi connectivity index (χ2v) is 6.42. The van der Waals surface area contributed by atoms with Gasteiger partial charge in [-0.15, -0.1) is 11.3 Å². The molecule has 0 saturated carbocycles. The molecule has 3 rings (SSSR count). The first kappa shape index (κ1) is 11.6. The number of carboxylic acids is 2. The van der Waals surface area contributed by atoms with Gasteiger partial charge in [0.2, 0.25) is 0 Å². The van der Waals surface area contributed by atoms with Gasteiger partial charge in [-0.2, -0.15) is 0 Å². The second-order valence-electron chi connectivity index (χ2n) is 5.01. The standard InChI is InChI=1S/C16H14ClNO4S/c17-12-7-9(15(19)20)1-2-11(12)14(16(21)22)18-5-3-13-10(8-18)4-6-23-13/h1-2,4,6-7,14H,3,5,8H2,(H,19,20)(H,21,22)/t14-/m0/s1/i1D,2D,14D/hD. The van der Waals surface area contributed by atoms with Crippen LogP contribution in [0, 0.1) is 0 Å². The Bertz CT molecular complexity index is 937. The monoisotopic (exact) mass is 355 g/mol. The summed E-state index contributed by atoms with van der Waals surface area (Å²) in [6.45, 7) is 0.469. The number of aromatic carboxylic acids is 1. The SMILES string of the molecule is [2H]OC(=O)[C@]([2H])(c1c(Cl)cc(C(=O)O)c([2H])c1[2H])N1CCc2sccc2C1. The summed E-state index contributed by atoms with van der Waals surface area (Å²) < 4.78 is 31.9. The van der Waals surface area contributed by atoms with E-state index < -0.39 is 35.6 Å². The molecule has 7 heteroatoms. The summed E-state index contributed by atoms with van der Waals surface area (Å²) in [6, 6.07) is -0.866. The molecule has 2 aromatic rings. The molecular formula is C16H14ClNO4S.